The number of nitrogen functional groups attached to an aromatic ring is 1. The lowest BCUT2D eigenvalue weighted by Crippen LogP contribution is -2.33. The Bertz CT molecular complexity index is 361. The minimum absolute atomic E-state index is 0.741. The van der Waals surface area contributed by atoms with Crippen molar-refractivity contribution in [2.75, 3.05) is 36.9 Å². The average Bonchev–Trinajstić information content (AvgIpc) is 2.40. The molecule has 100 valence electrons. The van der Waals surface area contributed by atoms with Gasteiger partial charge in [0.2, 0.25) is 0 Å². The number of nitrogens with two attached hydrogens (primary N) is 1. The van der Waals surface area contributed by atoms with Crippen LogP contribution in [0.15, 0.2) is 24.3 Å². The minimum Gasteiger partial charge on any atom is -0.397 e. The first-order chi connectivity index (χ1) is 8.81. The number of para-hydroxylation sites is 2. The first-order valence-corrected chi connectivity index (χ1v) is 6.98. The maximum atomic E-state index is 6.09. The van der Waals surface area contributed by atoms with Crippen molar-refractivity contribution >= 4 is 11.4 Å². The Kier molecular flexibility index (Phi) is 4.88. The normalized spacial score (nSPS) is 16.7. The van der Waals surface area contributed by atoms with E-state index < -0.39 is 0 Å². The molecular formula is C15H24N2O. The van der Waals surface area contributed by atoms with Crippen LogP contribution in [0.3, 0.4) is 0 Å². The van der Waals surface area contributed by atoms with Crippen LogP contribution < -0.4 is 10.6 Å². The highest BCUT2D eigenvalue weighted by Crippen LogP contribution is 2.26. The molecule has 3 heteroatoms. The lowest BCUT2D eigenvalue weighted by molar-refractivity contribution is 0.0682. The van der Waals surface area contributed by atoms with Crippen molar-refractivity contribution in [2.24, 2.45) is 5.92 Å². The summed E-state index contributed by atoms with van der Waals surface area (Å²) in [4.78, 5) is 2.44. The maximum absolute atomic E-state index is 6.09. The van der Waals surface area contributed by atoms with Gasteiger partial charge < -0.3 is 15.4 Å². The van der Waals surface area contributed by atoms with Crippen LogP contribution >= 0.6 is 0 Å². The van der Waals surface area contributed by atoms with Crippen LogP contribution in [0.2, 0.25) is 0 Å². The first-order valence-electron chi connectivity index (χ1n) is 6.98. The van der Waals surface area contributed by atoms with Crippen LogP contribution in [0.25, 0.3) is 0 Å². The summed E-state index contributed by atoms with van der Waals surface area (Å²) in [7, 11) is 0. The number of hydrogen-bond acceptors (Lipinski definition) is 3. The summed E-state index contributed by atoms with van der Waals surface area (Å²) in [6.45, 7) is 6.22. The van der Waals surface area contributed by atoms with E-state index >= 15 is 0 Å². The molecule has 0 unspecified atom stereocenters. The average molecular weight is 248 g/mol. The van der Waals surface area contributed by atoms with Gasteiger partial charge in [-0.15, -0.1) is 0 Å². The van der Waals surface area contributed by atoms with Gasteiger partial charge in [0, 0.05) is 26.3 Å². The molecule has 1 fully saturated rings. The van der Waals surface area contributed by atoms with Crippen LogP contribution in [-0.4, -0.2) is 26.3 Å². The van der Waals surface area contributed by atoms with Gasteiger partial charge in [0.25, 0.3) is 0 Å². The number of ether oxygens (including phenoxy) is 1. The smallest absolute Gasteiger partial charge is 0.0600 e. The molecule has 0 bridgehead atoms. The maximum Gasteiger partial charge on any atom is 0.0600 e. The van der Waals surface area contributed by atoms with Gasteiger partial charge in [0.05, 0.1) is 11.4 Å². The van der Waals surface area contributed by atoms with E-state index in [4.69, 9.17) is 10.5 Å². The summed E-state index contributed by atoms with van der Waals surface area (Å²) < 4.78 is 5.43. The van der Waals surface area contributed by atoms with E-state index in [1.54, 1.807) is 0 Å². The lowest BCUT2D eigenvalue weighted by atomic mass is 9.99. The molecule has 1 aliphatic heterocycles. The fourth-order valence-electron chi connectivity index (χ4n) is 2.60. The molecule has 0 aliphatic carbocycles. The fraction of sp³-hybridized carbons (Fsp3) is 0.600. The predicted molar refractivity (Wildman–Crippen MR) is 76.9 cm³/mol. The lowest BCUT2D eigenvalue weighted by Gasteiger charge is -2.32. The summed E-state index contributed by atoms with van der Waals surface area (Å²) >= 11 is 0. The van der Waals surface area contributed by atoms with Gasteiger partial charge in [-0.2, -0.15) is 0 Å². The van der Waals surface area contributed by atoms with Crippen molar-refractivity contribution in [3.63, 3.8) is 0 Å². The molecule has 18 heavy (non-hydrogen) atoms. The number of anilines is 2. The summed E-state index contributed by atoms with van der Waals surface area (Å²) in [5.74, 6) is 0.741. The second-order valence-electron chi connectivity index (χ2n) is 5.06. The van der Waals surface area contributed by atoms with Crippen LogP contribution in [0.5, 0.6) is 0 Å². The third kappa shape index (κ3) is 3.39. The molecule has 0 radical (unpaired) electrons. The quantitative estimate of drug-likeness (QED) is 0.814. The van der Waals surface area contributed by atoms with Crippen LogP contribution in [-0.2, 0) is 4.74 Å². The summed E-state index contributed by atoms with van der Waals surface area (Å²) in [5.41, 5.74) is 8.16. The highest BCUT2D eigenvalue weighted by molar-refractivity contribution is 5.67. The molecule has 3 nitrogen and oxygen atoms in total. The van der Waals surface area contributed by atoms with Crippen molar-refractivity contribution in [3.05, 3.63) is 24.3 Å². The summed E-state index contributed by atoms with van der Waals surface area (Å²) in [6, 6.07) is 8.18. The molecule has 2 N–H and O–H groups in total. The third-order valence-corrected chi connectivity index (χ3v) is 3.59. The molecule has 0 atom stereocenters. The monoisotopic (exact) mass is 248 g/mol. The number of hydrogen-bond donors (Lipinski definition) is 1. The molecule has 0 amide bonds. The largest absolute Gasteiger partial charge is 0.397 e. The Labute approximate surface area is 110 Å². The Morgan fingerprint density at radius 1 is 1.28 bits per heavy atom. The van der Waals surface area contributed by atoms with E-state index in [1.807, 2.05) is 12.1 Å². The predicted octanol–water partition coefficient (Wildman–Crippen LogP) is 2.91. The minimum atomic E-state index is 0.741. The van der Waals surface area contributed by atoms with E-state index in [-0.39, 0.29) is 0 Å². The molecule has 0 saturated carbocycles. The van der Waals surface area contributed by atoms with E-state index in [0.717, 1.165) is 44.3 Å². The van der Waals surface area contributed by atoms with Gasteiger partial charge in [0.15, 0.2) is 0 Å². The Hall–Kier alpha value is -1.22. The van der Waals surface area contributed by atoms with Crippen molar-refractivity contribution < 1.29 is 4.74 Å². The second-order valence-corrected chi connectivity index (χ2v) is 5.06. The Morgan fingerprint density at radius 2 is 2.00 bits per heavy atom. The SMILES string of the molecule is CCCN(CC1CCOCC1)c1ccccc1N. The van der Waals surface area contributed by atoms with Crippen molar-refractivity contribution in [1.29, 1.82) is 0 Å². The molecule has 1 heterocycles. The van der Waals surface area contributed by atoms with Gasteiger partial charge in [0.1, 0.15) is 0 Å². The van der Waals surface area contributed by atoms with Gasteiger partial charge in [-0.3, -0.25) is 0 Å². The van der Waals surface area contributed by atoms with Crippen molar-refractivity contribution in [1.82, 2.24) is 0 Å². The second kappa shape index (κ2) is 6.64. The van der Waals surface area contributed by atoms with Gasteiger partial charge in [-0.05, 0) is 37.3 Å². The fourth-order valence-corrected chi connectivity index (χ4v) is 2.60. The molecule has 1 saturated heterocycles. The van der Waals surface area contributed by atoms with Crippen LogP contribution in [0.4, 0.5) is 11.4 Å². The highest BCUT2D eigenvalue weighted by Gasteiger charge is 2.18. The number of nitrogens with zero attached hydrogens (tertiary/aromatic N) is 1. The highest BCUT2D eigenvalue weighted by atomic mass is 16.5. The summed E-state index contributed by atoms with van der Waals surface area (Å²) in [5, 5.41) is 0. The van der Waals surface area contributed by atoms with Gasteiger partial charge in [-0.1, -0.05) is 19.1 Å². The van der Waals surface area contributed by atoms with E-state index in [9.17, 15) is 0 Å². The molecule has 1 aliphatic rings. The van der Waals surface area contributed by atoms with Gasteiger partial charge in [-0.25, -0.2) is 0 Å². The molecule has 2 rings (SSSR count). The molecule has 0 spiro atoms. The van der Waals surface area contributed by atoms with E-state index in [1.165, 1.54) is 18.5 Å². The van der Waals surface area contributed by atoms with E-state index in [0.29, 0.717) is 0 Å². The summed E-state index contributed by atoms with van der Waals surface area (Å²) in [6.07, 6.45) is 3.50. The number of benzene rings is 1. The molecule has 0 aromatic heterocycles. The topological polar surface area (TPSA) is 38.5 Å². The molecular weight excluding hydrogens is 224 g/mol. The zero-order valence-corrected chi connectivity index (χ0v) is 11.3. The van der Waals surface area contributed by atoms with Crippen LogP contribution in [0.1, 0.15) is 26.2 Å². The first kappa shape index (κ1) is 13.2. The van der Waals surface area contributed by atoms with E-state index in [2.05, 4.69) is 24.0 Å². The van der Waals surface area contributed by atoms with Crippen LogP contribution in [0, 0.1) is 5.92 Å². The van der Waals surface area contributed by atoms with Crippen molar-refractivity contribution in [3.8, 4) is 0 Å². The Morgan fingerprint density at radius 3 is 2.67 bits per heavy atom. The number of rotatable bonds is 5. The molecule has 1 aromatic carbocycles. The zero-order valence-electron chi connectivity index (χ0n) is 11.3. The van der Waals surface area contributed by atoms with Crippen molar-refractivity contribution in [2.45, 2.75) is 26.2 Å². The Balaban J connectivity index is 2.05. The molecule has 1 aromatic rings. The zero-order chi connectivity index (χ0) is 12.8. The van der Waals surface area contributed by atoms with Gasteiger partial charge >= 0.3 is 0 Å². The third-order valence-electron chi connectivity index (χ3n) is 3.59. The standard InChI is InChI=1S/C15H24N2O/c1-2-9-17(12-13-7-10-18-11-8-13)15-6-4-3-5-14(15)16/h3-6,13H,2,7-12,16H2,1H3.